The van der Waals surface area contributed by atoms with Crippen molar-refractivity contribution in [2.75, 3.05) is 43.3 Å². The van der Waals surface area contributed by atoms with E-state index in [0.29, 0.717) is 0 Å². The molecule has 0 aliphatic rings. The molecule has 0 saturated carbocycles. The van der Waals surface area contributed by atoms with Crippen molar-refractivity contribution in [2.45, 2.75) is 19.9 Å². The largest absolute Gasteiger partial charge is 0.372 e. The molecular formula is C13H20N6O6. The molecule has 0 heterocycles. The Kier molecular flexibility index (Phi) is 5.68. The maximum atomic E-state index is 11.6. The molecule has 12 nitrogen and oxygen atoms in total. The topological polar surface area (TPSA) is 148 Å². The van der Waals surface area contributed by atoms with E-state index in [0.717, 1.165) is 0 Å². The monoisotopic (exact) mass is 356 g/mol. The molecule has 1 N–H and O–H groups in total. The molecule has 0 spiro atoms. The van der Waals surface area contributed by atoms with E-state index in [4.69, 9.17) is 0 Å². The van der Waals surface area contributed by atoms with Gasteiger partial charge in [0.15, 0.2) is 17.1 Å². The molecule has 0 aromatic heterocycles. The quantitative estimate of drug-likeness (QED) is 0.574. The number of rotatable bonds is 7. The number of anilines is 3. The molecular weight excluding hydrogens is 336 g/mol. The van der Waals surface area contributed by atoms with E-state index in [2.05, 4.69) is 5.32 Å². The first kappa shape index (κ1) is 19.9. The van der Waals surface area contributed by atoms with Crippen LogP contribution in [0.4, 0.5) is 34.1 Å². The van der Waals surface area contributed by atoms with Gasteiger partial charge in [-0.05, 0) is 13.8 Å². The average molecular weight is 356 g/mol. The van der Waals surface area contributed by atoms with Crippen LogP contribution in [0.1, 0.15) is 13.8 Å². The van der Waals surface area contributed by atoms with E-state index < -0.39 is 31.8 Å². The Morgan fingerprint density at radius 1 is 0.760 bits per heavy atom. The molecule has 0 atom stereocenters. The van der Waals surface area contributed by atoms with Crippen molar-refractivity contribution < 1.29 is 14.8 Å². The summed E-state index contributed by atoms with van der Waals surface area (Å²) < 4.78 is 0. The third-order valence-corrected chi connectivity index (χ3v) is 3.25. The summed E-state index contributed by atoms with van der Waals surface area (Å²) in [6, 6.07) is -0.371. The van der Waals surface area contributed by atoms with E-state index in [-0.39, 0.29) is 23.1 Å². The van der Waals surface area contributed by atoms with Crippen molar-refractivity contribution in [1.29, 1.82) is 0 Å². The van der Waals surface area contributed by atoms with Gasteiger partial charge < -0.3 is 15.1 Å². The van der Waals surface area contributed by atoms with Crippen LogP contribution in [-0.2, 0) is 0 Å². The van der Waals surface area contributed by atoms with Crippen LogP contribution < -0.4 is 15.1 Å². The van der Waals surface area contributed by atoms with Gasteiger partial charge in [0.25, 0.3) is 0 Å². The van der Waals surface area contributed by atoms with E-state index >= 15 is 0 Å². The van der Waals surface area contributed by atoms with Gasteiger partial charge in [-0.2, -0.15) is 0 Å². The number of hydrogen-bond donors (Lipinski definition) is 1. The van der Waals surface area contributed by atoms with Gasteiger partial charge >= 0.3 is 17.1 Å². The third kappa shape index (κ3) is 3.67. The number of benzene rings is 1. The predicted molar refractivity (Wildman–Crippen MR) is 93.8 cm³/mol. The first-order valence-electron chi connectivity index (χ1n) is 7.20. The number of nitrogens with zero attached hydrogens (tertiary/aromatic N) is 5. The molecule has 0 saturated heterocycles. The Labute approximate surface area is 143 Å². The fraction of sp³-hybridized carbons (Fsp3) is 0.538. The summed E-state index contributed by atoms with van der Waals surface area (Å²) >= 11 is 0. The first-order chi connectivity index (χ1) is 11.4. The molecule has 0 fully saturated rings. The highest BCUT2D eigenvalue weighted by Gasteiger charge is 2.44. The second-order valence-electron chi connectivity index (χ2n) is 5.98. The van der Waals surface area contributed by atoms with Crippen molar-refractivity contribution in [3.8, 4) is 0 Å². The molecule has 1 rings (SSSR count). The zero-order chi connectivity index (χ0) is 19.6. The van der Waals surface area contributed by atoms with Crippen LogP contribution in [0.2, 0.25) is 0 Å². The van der Waals surface area contributed by atoms with Crippen LogP contribution in [0.5, 0.6) is 0 Å². The van der Waals surface area contributed by atoms with Crippen molar-refractivity contribution in [3.63, 3.8) is 0 Å². The summed E-state index contributed by atoms with van der Waals surface area (Å²) in [5.41, 5.74) is -3.09. The highest BCUT2D eigenvalue weighted by Crippen LogP contribution is 2.54. The van der Waals surface area contributed by atoms with Gasteiger partial charge in [-0.3, -0.25) is 30.3 Å². The minimum atomic E-state index is -0.848. The minimum Gasteiger partial charge on any atom is -0.372 e. The standard InChI is InChI=1S/C13H20N6O6/c1-7(2)14-8-9(17(20)21)11(15(3)4)13(19(24)25)12(16(5)6)10(8)18(22)23/h7,14H,1-6H3. The highest BCUT2D eigenvalue weighted by atomic mass is 16.6. The molecule has 0 radical (unpaired) electrons. The summed E-state index contributed by atoms with van der Waals surface area (Å²) in [4.78, 5) is 34.8. The van der Waals surface area contributed by atoms with E-state index in [1.165, 1.54) is 38.0 Å². The van der Waals surface area contributed by atoms with Crippen LogP contribution in [0.15, 0.2) is 0 Å². The smallest absolute Gasteiger partial charge is 0.330 e. The maximum Gasteiger partial charge on any atom is 0.330 e. The number of nitrogens with one attached hydrogen (secondary N) is 1. The normalized spacial score (nSPS) is 10.5. The Balaban J connectivity index is 4.29. The van der Waals surface area contributed by atoms with Gasteiger partial charge in [0, 0.05) is 34.2 Å². The second-order valence-corrected chi connectivity index (χ2v) is 5.98. The van der Waals surface area contributed by atoms with E-state index in [9.17, 15) is 30.3 Å². The van der Waals surface area contributed by atoms with Gasteiger partial charge in [-0.1, -0.05) is 0 Å². The summed E-state index contributed by atoms with van der Waals surface area (Å²) in [5, 5.41) is 37.6. The first-order valence-corrected chi connectivity index (χ1v) is 7.20. The molecule has 0 unspecified atom stereocenters. The Hall–Kier alpha value is -3.18. The molecule has 0 bridgehead atoms. The van der Waals surface area contributed by atoms with Crippen molar-refractivity contribution in [1.82, 2.24) is 0 Å². The Morgan fingerprint density at radius 3 is 1.28 bits per heavy atom. The molecule has 0 amide bonds. The molecule has 138 valence electrons. The van der Waals surface area contributed by atoms with Crippen LogP contribution in [0, 0.1) is 30.3 Å². The number of nitro benzene ring substituents is 3. The molecule has 25 heavy (non-hydrogen) atoms. The molecule has 0 aliphatic heterocycles. The highest BCUT2D eigenvalue weighted by molar-refractivity contribution is 6.00. The van der Waals surface area contributed by atoms with E-state index in [1.807, 2.05) is 0 Å². The summed E-state index contributed by atoms with van der Waals surface area (Å²) in [6.07, 6.45) is 0. The lowest BCUT2D eigenvalue weighted by atomic mass is 10.1. The van der Waals surface area contributed by atoms with Gasteiger partial charge in [0.2, 0.25) is 0 Å². The summed E-state index contributed by atoms with van der Waals surface area (Å²) in [5.74, 6) is 0. The fourth-order valence-electron chi connectivity index (χ4n) is 2.49. The van der Waals surface area contributed by atoms with Crippen LogP contribution in [-0.4, -0.2) is 49.0 Å². The predicted octanol–water partition coefficient (Wildman–Crippen LogP) is 2.36. The summed E-state index contributed by atoms with van der Waals surface area (Å²) in [7, 11) is 5.61. The van der Waals surface area contributed by atoms with Crippen LogP contribution in [0.3, 0.4) is 0 Å². The number of nitro groups is 3. The lowest BCUT2D eigenvalue weighted by Crippen LogP contribution is -2.22. The molecule has 1 aromatic carbocycles. The lowest BCUT2D eigenvalue weighted by Gasteiger charge is -2.22. The van der Waals surface area contributed by atoms with Gasteiger partial charge in [-0.15, -0.1) is 0 Å². The van der Waals surface area contributed by atoms with Crippen molar-refractivity contribution in [2.24, 2.45) is 0 Å². The molecule has 0 aliphatic carbocycles. The Morgan fingerprint density at radius 2 is 1.08 bits per heavy atom. The maximum absolute atomic E-state index is 11.6. The molecule has 1 aromatic rings. The lowest BCUT2D eigenvalue weighted by molar-refractivity contribution is -0.399. The van der Waals surface area contributed by atoms with Crippen molar-refractivity contribution >= 4 is 34.1 Å². The zero-order valence-electron chi connectivity index (χ0n) is 14.8. The van der Waals surface area contributed by atoms with Crippen LogP contribution >= 0.6 is 0 Å². The Bertz CT molecular complexity index is 683. The van der Waals surface area contributed by atoms with E-state index in [1.54, 1.807) is 13.8 Å². The summed E-state index contributed by atoms with van der Waals surface area (Å²) in [6.45, 7) is 3.30. The third-order valence-electron chi connectivity index (χ3n) is 3.25. The van der Waals surface area contributed by atoms with Gasteiger partial charge in [-0.25, -0.2) is 0 Å². The second kappa shape index (κ2) is 7.15. The minimum absolute atomic E-state index is 0.313. The average Bonchev–Trinajstić information content (AvgIpc) is 2.43. The number of hydrogen-bond acceptors (Lipinski definition) is 9. The SMILES string of the molecule is CC(C)Nc1c([N+](=O)[O-])c(N(C)C)c([N+](=O)[O-])c(N(C)C)c1[N+](=O)[O-]. The van der Waals surface area contributed by atoms with Crippen molar-refractivity contribution in [3.05, 3.63) is 30.3 Å². The van der Waals surface area contributed by atoms with Crippen LogP contribution in [0.25, 0.3) is 0 Å². The van der Waals surface area contributed by atoms with Gasteiger partial charge in [0.1, 0.15) is 0 Å². The molecule has 12 heteroatoms. The fourth-order valence-corrected chi connectivity index (χ4v) is 2.49. The zero-order valence-corrected chi connectivity index (χ0v) is 14.8. The van der Waals surface area contributed by atoms with Gasteiger partial charge in [0.05, 0.1) is 14.8 Å².